The van der Waals surface area contributed by atoms with Crippen molar-refractivity contribution in [3.05, 3.63) is 23.9 Å². The fourth-order valence-electron chi connectivity index (χ4n) is 2.31. The van der Waals surface area contributed by atoms with Gasteiger partial charge in [0.2, 0.25) is 0 Å². The molecular formula is C12H14N2O2S. The molecule has 0 N–H and O–H groups in total. The number of esters is 1. The van der Waals surface area contributed by atoms with Gasteiger partial charge in [0.15, 0.2) is 0 Å². The van der Waals surface area contributed by atoms with Gasteiger partial charge in [-0.1, -0.05) is 0 Å². The second-order valence-corrected chi connectivity index (χ2v) is 5.73. The molecule has 2 aliphatic heterocycles. The molecule has 0 amide bonds. The highest BCUT2D eigenvalue weighted by atomic mass is 32.2. The summed E-state index contributed by atoms with van der Waals surface area (Å²) >= 11 is 2.02. The summed E-state index contributed by atoms with van der Waals surface area (Å²) in [5, 5.41) is 0. The van der Waals surface area contributed by atoms with E-state index in [1.807, 2.05) is 17.8 Å². The van der Waals surface area contributed by atoms with Gasteiger partial charge in [0.25, 0.3) is 0 Å². The standard InChI is InChI=1S/C12H14N2O2S/c1-16-11(15)9-2-3-10(13-4-9)14-5-12(6-14)7-17-8-12/h2-4H,5-8H2,1H3. The Labute approximate surface area is 104 Å². The molecule has 1 aromatic heterocycles. The number of hydrogen-bond donors (Lipinski definition) is 0. The Bertz CT molecular complexity index is 434. The molecule has 3 rings (SSSR count). The van der Waals surface area contributed by atoms with Crippen LogP contribution in [-0.4, -0.2) is 42.7 Å². The van der Waals surface area contributed by atoms with Crippen LogP contribution < -0.4 is 4.90 Å². The van der Waals surface area contributed by atoms with E-state index in [4.69, 9.17) is 0 Å². The van der Waals surface area contributed by atoms with Crippen molar-refractivity contribution < 1.29 is 9.53 Å². The summed E-state index contributed by atoms with van der Waals surface area (Å²) in [6.07, 6.45) is 1.59. The average molecular weight is 250 g/mol. The van der Waals surface area contributed by atoms with Gasteiger partial charge < -0.3 is 9.64 Å². The van der Waals surface area contributed by atoms with Crippen molar-refractivity contribution >= 4 is 23.5 Å². The van der Waals surface area contributed by atoms with Crippen molar-refractivity contribution in [3.63, 3.8) is 0 Å². The summed E-state index contributed by atoms with van der Waals surface area (Å²) in [6.45, 7) is 2.20. The molecule has 90 valence electrons. The first-order chi connectivity index (χ1) is 8.22. The zero-order valence-electron chi connectivity index (χ0n) is 9.68. The van der Waals surface area contributed by atoms with Crippen LogP contribution in [0.15, 0.2) is 18.3 Å². The van der Waals surface area contributed by atoms with E-state index in [9.17, 15) is 4.79 Å². The Morgan fingerprint density at radius 2 is 2.24 bits per heavy atom. The van der Waals surface area contributed by atoms with Crippen LogP contribution in [-0.2, 0) is 4.74 Å². The first kappa shape index (κ1) is 10.9. The normalized spacial score (nSPS) is 20.6. The molecule has 4 nitrogen and oxygen atoms in total. The lowest BCUT2D eigenvalue weighted by molar-refractivity contribution is 0.0600. The van der Waals surface area contributed by atoms with Gasteiger partial charge in [-0.2, -0.15) is 11.8 Å². The maximum absolute atomic E-state index is 11.3. The van der Waals surface area contributed by atoms with Crippen molar-refractivity contribution in [3.8, 4) is 0 Å². The van der Waals surface area contributed by atoms with Gasteiger partial charge in [-0.25, -0.2) is 9.78 Å². The van der Waals surface area contributed by atoms with E-state index < -0.39 is 0 Å². The third kappa shape index (κ3) is 1.78. The van der Waals surface area contributed by atoms with Gasteiger partial charge in [0.05, 0.1) is 12.7 Å². The minimum Gasteiger partial charge on any atom is -0.465 e. The lowest BCUT2D eigenvalue weighted by Gasteiger charge is -2.55. The highest BCUT2D eigenvalue weighted by Crippen LogP contribution is 2.46. The van der Waals surface area contributed by atoms with E-state index >= 15 is 0 Å². The fraction of sp³-hybridized carbons (Fsp3) is 0.500. The molecule has 0 aliphatic carbocycles. The van der Waals surface area contributed by atoms with Gasteiger partial charge >= 0.3 is 5.97 Å². The van der Waals surface area contributed by atoms with E-state index in [-0.39, 0.29) is 5.97 Å². The van der Waals surface area contributed by atoms with Crippen LogP contribution in [0.2, 0.25) is 0 Å². The number of carbonyl (C=O) groups excluding carboxylic acids is 1. The van der Waals surface area contributed by atoms with E-state index in [0.717, 1.165) is 18.9 Å². The largest absolute Gasteiger partial charge is 0.465 e. The van der Waals surface area contributed by atoms with Crippen molar-refractivity contribution in [2.75, 3.05) is 36.6 Å². The molecule has 2 saturated heterocycles. The summed E-state index contributed by atoms with van der Waals surface area (Å²) in [6, 6.07) is 3.67. The number of anilines is 1. The van der Waals surface area contributed by atoms with Crippen molar-refractivity contribution in [1.29, 1.82) is 0 Å². The summed E-state index contributed by atoms with van der Waals surface area (Å²) in [5.74, 6) is 3.19. The molecule has 3 heterocycles. The quantitative estimate of drug-likeness (QED) is 0.743. The Morgan fingerprint density at radius 3 is 2.71 bits per heavy atom. The third-order valence-corrected chi connectivity index (χ3v) is 4.99. The molecule has 1 aromatic rings. The fourth-order valence-corrected chi connectivity index (χ4v) is 3.46. The maximum atomic E-state index is 11.3. The second-order valence-electron chi connectivity index (χ2n) is 4.75. The molecule has 17 heavy (non-hydrogen) atoms. The van der Waals surface area contributed by atoms with Crippen molar-refractivity contribution in [1.82, 2.24) is 4.98 Å². The van der Waals surface area contributed by atoms with Gasteiger partial charge in [-0.15, -0.1) is 0 Å². The topological polar surface area (TPSA) is 42.4 Å². The van der Waals surface area contributed by atoms with E-state index in [1.54, 1.807) is 12.3 Å². The Kier molecular flexibility index (Phi) is 2.50. The van der Waals surface area contributed by atoms with Crippen molar-refractivity contribution in [2.45, 2.75) is 0 Å². The number of aromatic nitrogens is 1. The molecule has 0 unspecified atom stereocenters. The first-order valence-corrected chi connectivity index (χ1v) is 6.75. The molecule has 0 bridgehead atoms. The molecule has 0 aromatic carbocycles. The molecule has 0 saturated carbocycles. The molecular weight excluding hydrogens is 236 g/mol. The van der Waals surface area contributed by atoms with E-state index in [1.165, 1.54) is 18.6 Å². The predicted molar refractivity (Wildman–Crippen MR) is 67.5 cm³/mol. The number of carbonyl (C=O) groups is 1. The SMILES string of the molecule is COC(=O)c1ccc(N2CC3(CSC3)C2)nc1. The van der Waals surface area contributed by atoms with Crippen LogP contribution in [0, 0.1) is 5.41 Å². The van der Waals surface area contributed by atoms with Crippen LogP contribution >= 0.6 is 11.8 Å². The monoisotopic (exact) mass is 250 g/mol. The molecule has 2 fully saturated rings. The van der Waals surface area contributed by atoms with Crippen LogP contribution in [0.25, 0.3) is 0 Å². The average Bonchev–Trinajstić information content (AvgIpc) is 2.25. The van der Waals surface area contributed by atoms with Crippen LogP contribution in [0.5, 0.6) is 0 Å². The number of nitrogens with zero attached hydrogens (tertiary/aromatic N) is 2. The number of hydrogen-bond acceptors (Lipinski definition) is 5. The van der Waals surface area contributed by atoms with Crippen molar-refractivity contribution in [2.24, 2.45) is 5.41 Å². The lowest BCUT2D eigenvalue weighted by atomic mass is 9.83. The van der Waals surface area contributed by atoms with Crippen LogP contribution in [0.3, 0.4) is 0 Å². The van der Waals surface area contributed by atoms with E-state index in [0.29, 0.717) is 11.0 Å². The third-order valence-electron chi connectivity index (χ3n) is 3.36. The van der Waals surface area contributed by atoms with Gasteiger partial charge in [0, 0.05) is 36.2 Å². The number of ether oxygens (including phenoxy) is 1. The van der Waals surface area contributed by atoms with Gasteiger partial charge in [-0.3, -0.25) is 0 Å². The highest BCUT2D eigenvalue weighted by molar-refractivity contribution is 8.00. The predicted octanol–water partition coefficient (Wildman–Crippen LogP) is 1.42. The Hall–Kier alpha value is -1.23. The molecule has 2 aliphatic rings. The van der Waals surface area contributed by atoms with Gasteiger partial charge in [0.1, 0.15) is 5.82 Å². The van der Waals surface area contributed by atoms with Crippen LogP contribution in [0.1, 0.15) is 10.4 Å². The zero-order valence-corrected chi connectivity index (χ0v) is 10.5. The zero-order chi connectivity index (χ0) is 11.9. The number of thioether (sulfide) groups is 1. The number of methoxy groups -OCH3 is 1. The van der Waals surface area contributed by atoms with E-state index in [2.05, 4.69) is 14.6 Å². The Morgan fingerprint density at radius 1 is 1.47 bits per heavy atom. The Balaban J connectivity index is 1.67. The maximum Gasteiger partial charge on any atom is 0.339 e. The first-order valence-electron chi connectivity index (χ1n) is 5.60. The summed E-state index contributed by atoms with van der Waals surface area (Å²) in [5.41, 5.74) is 1.07. The number of rotatable bonds is 2. The molecule has 0 radical (unpaired) electrons. The smallest absolute Gasteiger partial charge is 0.339 e. The van der Waals surface area contributed by atoms with Gasteiger partial charge in [-0.05, 0) is 12.1 Å². The second kappa shape index (κ2) is 3.91. The molecule has 5 heteroatoms. The molecule has 1 spiro atoms. The summed E-state index contributed by atoms with van der Waals surface area (Å²) in [4.78, 5) is 17.8. The molecule has 0 atom stereocenters. The van der Waals surface area contributed by atoms with Crippen LogP contribution in [0.4, 0.5) is 5.82 Å². The summed E-state index contributed by atoms with van der Waals surface area (Å²) in [7, 11) is 1.38. The minimum atomic E-state index is -0.334. The highest BCUT2D eigenvalue weighted by Gasteiger charge is 2.48. The minimum absolute atomic E-state index is 0.334. The summed E-state index contributed by atoms with van der Waals surface area (Å²) < 4.78 is 4.64. The number of pyridine rings is 1. The lowest BCUT2D eigenvalue weighted by Crippen LogP contribution is -2.63.